The van der Waals surface area contributed by atoms with Crippen molar-refractivity contribution in [1.29, 1.82) is 5.26 Å². The van der Waals surface area contributed by atoms with Crippen LogP contribution in [0.25, 0.3) is 16.9 Å². The molecule has 1 aliphatic carbocycles. The second-order valence-electron chi connectivity index (χ2n) is 10.5. The van der Waals surface area contributed by atoms with Crippen LogP contribution < -0.4 is 5.56 Å². The normalized spacial score (nSPS) is 17.0. The molecule has 0 bridgehead atoms. The van der Waals surface area contributed by atoms with Gasteiger partial charge in [-0.15, -0.1) is 0 Å². The highest BCUT2D eigenvalue weighted by Gasteiger charge is 2.29. The number of hydrogen-bond acceptors (Lipinski definition) is 6. The molecule has 0 atom stereocenters. The molecule has 10 heteroatoms. The first-order chi connectivity index (χ1) is 19.8. The summed E-state index contributed by atoms with van der Waals surface area (Å²) in [5.41, 5.74) is 3.09. The van der Waals surface area contributed by atoms with Gasteiger partial charge in [0.15, 0.2) is 0 Å². The van der Waals surface area contributed by atoms with Crippen LogP contribution in [0.15, 0.2) is 47.3 Å². The Morgan fingerprint density at radius 1 is 1.20 bits per heavy atom. The fraction of sp³-hybridized carbons (Fsp3) is 0.387. The summed E-state index contributed by atoms with van der Waals surface area (Å²) in [7, 11) is 0. The number of ether oxygens (including phenoxy) is 1. The molecule has 212 valence electrons. The molecule has 2 aromatic carbocycles. The van der Waals surface area contributed by atoms with Crippen molar-refractivity contribution in [2.24, 2.45) is 0 Å². The molecular formula is C31H32FN5O4. The highest BCUT2D eigenvalue weighted by atomic mass is 19.1. The molecule has 0 unspecified atom stereocenters. The number of halogens is 1. The lowest BCUT2D eigenvalue weighted by atomic mass is 9.92. The number of carbonyl (C=O) groups is 1. The maximum atomic E-state index is 15.6. The molecule has 0 spiro atoms. The van der Waals surface area contributed by atoms with Gasteiger partial charge in [-0.2, -0.15) is 15.3 Å². The van der Waals surface area contributed by atoms with Gasteiger partial charge in [0.05, 0.1) is 23.4 Å². The van der Waals surface area contributed by atoms with E-state index in [0.29, 0.717) is 71.5 Å². The number of fused-ring (bicyclic) bond motifs is 1. The van der Waals surface area contributed by atoms with Gasteiger partial charge in [0, 0.05) is 18.0 Å². The monoisotopic (exact) mass is 557 g/mol. The van der Waals surface area contributed by atoms with Crippen molar-refractivity contribution in [2.45, 2.75) is 70.9 Å². The Balaban J connectivity index is 1.54. The molecule has 9 nitrogen and oxygen atoms in total. The number of hydrogen-bond donors (Lipinski definition) is 1. The Kier molecular flexibility index (Phi) is 8.26. The predicted molar refractivity (Wildman–Crippen MR) is 150 cm³/mol. The van der Waals surface area contributed by atoms with E-state index in [9.17, 15) is 14.9 Å². The average Bonchev–Trinajstić information content (AvgIpc) is 3.35. The molecular weight excluding hydrogens is 525 g/mol. The first-order valence-electron chi connectivity index (χ1n) is 13.9. The summed E-state index contributed by atoms with van der Waals surface area (Å²) in [4.78, 5) is 29.7. The maximum absolute atomic E-state index is 15.6. The molecule has 0 radical (unpaired) electrons. The van der Waals surface area contributed by atoms with Crippen LogP contribution in [0, 0.1) is 24.1 Å². The van der Waals surface area contributed by atoms with Crippen LogP contribution in [-0.4, -0.2) is 43.0 Å². The van der Waals surface area contributed by atoms with Crippen molar-refractivity contribution in [3.63, 3.8) is 0 Å². The lowest BCUT2D eigenvalue weighted by Gasteiger charge is -2.30. The summed E-state index contributed by atoms with van der Waals surface area (Å²) in [5.74, 6) is -0.444. The molecule has 0 amide bonds. The van der Waals surface area contributed by atoms with Crippen LogP contribution in [-0.2, 0) is 22.4 Å². The lowest BCUT2D eigenvalue weighted by Crippen LogP contribution is -2.35. The molecule has 2 aromatic heterocycles. The standard InChI is InChI=1S/C31H32FN5O4/c1-3-6-28-26(15-21-10-9-20(16-27(21)32)25-8-5-4-7-22(25)17-33)30(40)36(31-34-19(2)35-37(28)31)23-11-13-24(14-12-23)41-18-29(38)39/h4-5,7-10,16,23-24H,3,6,11-15,18H2,1-2H3,(H,38,39)/t23-,24-. The van der Waals surface area contributed by atoms with E-state index in [2.05, 4.69) is 16.2 Å². The molecule has 0 aliphatic heterocycles. The third kappa shape index (κ3) is 5.77. The number of carboxylic acids is 1. The fourth-order valence-corrected chi connectivity index (χ4v) is 5.77. The molecule has 4 aromatic rings. The summed E-state index contributed by atoms with van der Waals surface area (Å²) >= 11 is 0. The number of benzene rings is 2. The highest BCUT2D eigenvalue weighted by molar-refractivity contribution is 5.70. The Hall–Kier alpha value is -4.36. The van der Waals surface area contributed by atoms with Gasteiger partial charge >= 0.3 is 5.97 Å². The summed E-state index contributed by atoms with van der Waals surface area (Å²) in [6, 6.07) is 13.9. The molecule has 1 N–H and O–H groups in total. The zero-order valence-electron chi connectivity index (χ0n) is 23.1. The Bertz CT molecular complexity index is 1700. The average molecular weight is 558 g/mol. The van der Waals surface area contributed by atoms with E-state index in [1.165, 1.54) is 6.07 Å². The van der Waals surface area contributed by atoms with Crippen LogP contribution in [0.3, 0.4) is 0 Å². The molecule has 1 saturated carbocycles. The first kappa shape index (κ1) is 28.2. The van der Waals surface area contributed by atoms with Crippen molar-refractivity contribution < 1.29 is 19.0 Å². The Morgan fingerprint density at radius 2 is 1.95 bits per heavy atom. The summed E-state index contributed by atoms with van der Waals surface area (Å²) in [6.45, 7) is 3.46. The zero-order valence-corrected chi connectivity index (χ0v) is 23.1. The first-order valence-corrected chi connectivity index (χ1v) is 13.9. The molecule has 41 heavy (non-hydrogen) atoms. The Morgan fingerprint density at radius 3 is 2.63 bits per heavy atom. The molecule has 5 rings (SSSR count). The quantitative estimate of drug-likeness (QED) is 0.307. The number of aromatic nitrogens is 4. The van der Waals surface area contributed by atoms with Gasteiger partial charge in [-0.05, 0) is 67.9 Å². The second kappa shape index (κ2) is 12.0. The number of aryl methyl sites for hydroxylation is 2. The van der Waals surface area contributed by atoms with Gasteiger partial charge in [-0.1, -0.05) is 43.7 Å². The molecule has 1 fully saturated rings. The number of carboxylic acid groups (broad SMARTS) is 1. The minimum atomic E-state index is -1.00. The third-order valence-electron chi connectivity index (χ3n) is 7.71. The van der Waals surface area contributed by atoms with Crippen LogP contribution in [0.1, 0.15) is 73.3 Å². The van der Waals surface area contributed by atoms with E-state index in [4.69, 9.17) is 9.84 Å². The fourth-order valence-electron chi connectivity index (χ4n) is 5.77. The van der Waals surface area contributed by atoms with E-state index in [0.717, 1.165) is 12.1 Å². The minimum Gasteiger partial charge on any atom is -0.480 e. The summed E-state index contributed by atoms with van der Waals surface area (Å²) in [5, 5.41) is 23.0. The van der Waals surface area contributed by atoms with Gasteiger partial charge in [0.2, 0.25) is 5.78 Å². The van der Waals surface area contributed by atoms with Crippen LogP contribution >= 0.6 is 0 Å². The third-order valence-corrected chi connectivity index (χ3v) is 7.71. The van der Waals surface area contributed by atoms with E-state index in [1.54, 1.807) is 46.3 Å². The van der Waals surface area contributed by atoms with Gasteiger partial charge in [-0.3, -0.25) is 9.36 Å². The molecule has 0 saturated heterocycles. The predicted octanol–water partition coefficient (Wildman–Crippen LogP) is 5.01. The van der Waals surface area contributed by atoms with E-state index in [1.807, 2.05) is 13.0 Å². The van der Waals surface area contributed by atoms with Gasteiger partial charge in [0.25, 0.3) is 5.56 Å². The van der Waals surface area contributed by atoms with Gasteiger partial charge in [-0.25, -0.2) is 13.7 Å². The summed E-state index contributed by atoms with van der Waals surface area (Å²) in [6.07, 6.45) is 3.75. The van der Waals surface area contributed by atoms with E-state index < -0.39 is 11.8 Å². The van der Waals surface area contributed by atoms with Crippen LogP contribution in [0.4, 0.5) is 4.39 Å². The smallest absolute Gasteiger partial charge is 0.329 e. The molecule has 2 heterocycles. The number of nitriles is 1. The van der Waals surface area contributed by atoms with Gasteiger partial charge < -0.3 is 9.84 Å². The highest BCUT2D eigenvalue weighted by Crippen LogP contribution is 2.31. The minimum absolute atomic E-state index is 0.0894. The lowest BCUT2D eigenvalue weighted by molar-refractivity contribution is -0.145. The zero-order chi connectivity index (χ0) is 29.1. The summed E-state index contributed by atoms with van der Waals surface area (Å²) < 4.78 is 24.5. The maximum Gasteiger partial charge on any atom is 0.329 e. The van der Waals surface area contributed by atoms with Gasteiger partial charge in [0.1, 0.15) is 18.2 Å². The van der Waals surface area contributed by atoms with Crippen molar-refractivity contribution in [2.75, 3.05) is 6.61 Å². The van der Waals surface area contributed by atoms with Crippen molar-refractivity contribution in [3.8, 4) is 17.2 Å². The van der Waals surface area contributed by atoms with Crippen molar-refractivity contribution in [3.05, 3.63) is 86.8 Å². The number of rotatable bonds is 9. The van der Waals surface area contributed by atoms with Crippen LogP contribution in [0.2, 0.25) is 0 Å². The van der Waals surface area contributed by atoms with Crippen LogP contribution in [0.5, 0.6) is 0 Å². The second-order valence-corrected chi connectivity index (χ2v) is 10.5. The van der Waals surface area contributed by atoms with E-state index in [-0.39, 0.29) is 30.7 Å². The Labute approximate surface area is 236 Å². The topological polar surface area (TPSA) is 123 Å². The SMILES string of the molecule is CCCc1c(Cc2ccc(-c3ccccc3C#N)cc2F)c(=O)n([C@H]2CC[C@H](OCC(=O)O)CC2)c2nc(C)nn12. The molecule has 1 aliphatic rings. The van der Waals surface area contributed by atoms with Crippen molar-refractivity contribution >= 4 is 11.7 Å². The van der Waals surface area contributed by atoms with E-state index >= 15 is 4.39 Å². The number of nitrogens with zero attached hydrogens (tertiary/aromatic N) is 5. The number of aliphatic carboxylic acids is 1. The largest absolute Gasteiger partial charge is 0.480 e. The van der Waals surface area contributed by atoms with Crippen molar-refractivity contribution in [1.82, 2.24) is 19.2 Å².